The fraction of sp³-hybridized carbons (Fsp3) is 0.778. The van der Waals surface area contributed by atoms with Crippen LogP contribution in [0.15, 0.2) is 0 Å². The summed E-state index contributed by atoms with van der Waals surface area (Å²) in [6.07, 6.45) is 0. The minimum absolute atomic E-state index is 0.00303. The van der Waals surface area contributed by atoms with E-state index >= 15 is 0 Å². The first-order valence-electron chi connectivity index (χ1n) is 4.37. The summed E-state index contributed by atoms with van der Waals surface area (Å²) in [6, 6.07) is 0. The molecule has 1 atom stereocenters. The Balaban J connectivity index is 4.08. The maximum atomic E-state index is 11.1. The monoisotopic (exact) mass is 205 g/mol. The molecule has 0 saturated carbocycles. The maximum Gasteiger partial charge on any atom is 0.219 e. The van der Waals surface area contributed by atoms with Crippen LogP contribution in [0, 0.1) is 5.92 Å². The lowest BCUT2D eigenvalue weighted by molar-refractivity contribution is -0.130. The molecule has 13 heavy (non-hydrogen) atoms. The van der Waals surface area contributed by atoms with Crippen LogP contribution in [-0.2, 0) is 9.59 Å². The van der Waals surface area contributed by atoms with Gasteiger partial charge in [0.2, 0.25) is 5.91 Å². The van der Waals surface area contributed by atoms with E-state index in [2.05, 4.69) is 0 Å². The Morgan fingerprint density at radius 3 is 2.31 bits per heavy atom. The molecule has 0 radical (unpaired) electrons. The van der Waals surface area contributed by atoms with Gasteiger partial charge in [0, 0.05) is 25.9 Å². The number of nitrogens with zero attached hydrogens (tertiary/aromatic N) is 1. The fourth-order valence-corrected chi connectivity index (χ4v) is 1.31. The van der Waals surface area contributed by atoms with Gasteiger partial charge >= 0.3 is 0 Å². The summed E-state index contributed by atoms with van der Waals surface area (Å²) in [7, 11) is 0. The Morgan fingerprint density at radius 2 is 2.00 bits per heavy atom. The molecule has 0 N–H and O–H groups in total. The van der Waals surface area contributed by atoms with E-state index in [0.717, 1.165) is 0 Å². The Kier molecular flexibility index (Phi) is 5.71. The van der Waals surface area contributed by atoms with Gasteiger partial charge in [0.15, 0.2) is 5.78 Å². The highest BCUT2D eigenvalue weighted by Crippen LogP contribution is 2.03. The molecule has 0 aromatic heterocycles. The van der Waals surface area contributed by atoms with Crippen LogP contribution < -0.4 is 0 Å². The molecule has 3 nitrogen and oxygen atoms in total. The summed E-state index contributed by atoms with van der Waals surface area (Å²) < 4.78 is 0. The van der Waals surface area contributed by atoms with Gasteiger partial charge < -0.3 is 4.90 Å². The quantitative estimate of drug-likeness (QED) is 0.635. The van der Waals surface area contributed by atoms with Crippen molar-refractivity contribution in [2.24, 2.45) is 5.92 Å². The number of carbonyl (C=O) groups excluding carboxylic acids is 2. The van der Waals surface area contributed by atoms with E-state index in [4.69, 9.17) is 11.6 Å². The Bertz CT molecular complexity index is 194. The van der Waals surface area contributed by atoms with Crippen molar-refractivity contribution < 1.29 is 9.59 Å². The van der Waals surface area contributed by atoms with Gasteiger partial charge in [-0.05, 0) is 6.92 Å². The first kappa shape index (κ1) is 12.4. The number of alkyl halides is 1. The summed E-state index contributed by atoms with van der Waals surface area (Å²) in [5.74, 6) is -0.157. The Morgan fingerprint density at radius 1 is 1.46 bits per heavy atom. The number of ketones is 1. The second-order valence-corrected chi connectivity index (χ2v) is 3.33. The number of hydrogen-bond donors (Lipinski definition) is 0. The van der Waals surface area contributed by atoms with Crippen LogP contribution in [0.25, 0.3) is 0 Å². The topological polar surface area (TPSA) is 37.4 Å². The summed E-state index contributed by atoms with van der Waals surface area (Å²) in [6.45, 7) is 6.28. The zero-order valence-corrected chi connectivity index (χ0v) is 9.10. The fourth-order valence-electron chi connectivity index (χ4n) is 1.04. The molecule has 0 fully saturated rings. The van der Waals surface area contributed by atoms with Gasteiger partial charge in [-0.2, -0.15) is 0 Å². The minimum Gasteiger partial charge on any atom is -0.343 e. The third-order valence-electron chi connectivity index (χ3n) is 2.00. The number of Topliss-reactive ketones (excluding diaryl/α,β-unsaturated/α-hetero) is 1. The van der Waals surface area contributed by atoms with E-state index in [9.17, 15) is 9.59 Å². The summed E-state index contributed by atoms with van der Waals surface area (Å²) >= 11 is 5.40. The number of carbonyl (C=O) groups is 2. The number of hydrogen-bond acceptors (Lipinski definition) is 2. The van der Waals surface area contributed by atoms with Crippen LogP contribution in [0.1, 0.15) is 20.8 Å². The standard InChI is InChI=1S/C9H16ClNO2/c1-4-11(8(3)12)6-7(2)9(13)5-10/h7H,4-6H2,1-3H3. The molecular weight excluding hydrogens is 190 g/mol. The number of halogens is 1. The van der Waals surface area contributed by atoms with Crippen LogP contribution in [0.5, 0.6) is 0 Å². The third kappa shape index (κ3) is 4.27. The van der Waals surface area contributed by atoms with E-state index in [1.165, 1.54) is 6.92 Å². The predicted octanol–water partition coefficient (Wildman–Crippen LogP) is 1.30. The normalized spacial score (nSPS) is 12.3. The van der Waals surface area contributed by atoms with Gasteiger partial charge in [-0.25, -0.2) is 0 Å². The summed E-state index contributed by atoms with van der Waals surface area (Å²) in [4.78, 5) is 23.8. The molecule has 1 amide bonds. The molecule has 0 aromatic carbocycles. The largest absolute Gasteiger partial charge is 0.343 e. The zero-order valence-electron chi connectivity index (χ0n) is 8.34. The van der Waals surface area contributed by atoms with Crippen molar-refractivity contribution in [3.8, 4) is 0 Å². The highest BCUT2D eigenvalue weighted by molar-refractivity contribution is 6.27. The van der Waals surface area contributed by atoms with Gasteiger partial charge in [-0.15, -0.1) is 11.6 Å². The van der Waals surface area contributed by atoms with Crippen molar-refractivity contribution in [1.82, 2.24) is 4.90 Å². The van der Waals surface area contributed by atoms with E-state index in [1.54, 1.807) is 11.8 Å². The highest BCUT2D eigenvalue weighted by atomic mass is 35.5. The molecule has 0 aromatic rings. The molecule has 76 valence electrons. The lowest BCUT2D eigenvalue weighted by Gasteiger charge is -2.21. The number of rotatable bonds is 5. The van der Waals surface area contributed by atoms with E-state index in [-0.39, 0.29) is 23.5 Å². The lowest BCUT2D eigenvalue weighted by Crippen LogP contribution is -2.35. The molecule has 0 aliphatic carbocycles. The zero-order chi connectivity index (χ0) is 10.4. The second-order valence-electron chi connectivity index (χ2n) is 3.06. The predicted molar refractivity (Wildman–Crippen MR) is 52.8 cm³/mol. The average Bonchev–Trinajstić information content (AvgIpc) is 2.11. The highest BCUT2D eigenvalue weighted by Gasteiger charge is 2.16. The van der Waals surface area contributed by atoms with Gasteiger partial charge in [-0.3, -0.25) is 9.59 Å². The van der Waals surface area contributed by atoms with E-state index in [1.807, 2.05) is 6.92 Å². The molecule has 0 rings (SSSR count). The van der Waals surface area contributed by atoms with Gasteiger partial charge in [0.1, 0.15) is 0 Å². The van der Waals surface area contributed by atoms with Gasteiger partial charge in [0.05, 0.1) is 5.88 Å². The van der Waals surface area contributed by atoms with Crippen LogP contribution in [-0.4, -0.2) is 35.6 Å². The Hall–Kier alpha value is -0.570. The van der Waals surface area contributed by atoms with Crippen LogP contribution in [0.4, 0.5) is 0 Å². The van der Waals surface area contributed by atoms with E-state index in [0.29, 0.717) is 13.1 Å². The molecule has 4 heteroatoms. The van der Waals surface area contributed by atoms with Crippen LogP contribution >= 0.6 is 11.6 Å². The van der Waals surface area contributed by atoms with Crippen molar-refractivity contribution in [1.29, 1.82) is 0 Å². The smallest absolute Gasteiger partial charge is 0.219 e. The molecule has 0 spiro atoms. The SMILES string of the molecule is CCN(CC(C)C(=O)CCl)C(C)=O. The van der Waals surface area contributed by atoms with Crippen molar-refractivity contribution in [2.45, 2.75) is 20.8 Å². The van der Waals surface area contributed by atoms with E-state index < -0.39 is 0 Å². The minimum atomic E-state index is -0.165. The molecule has 0 bridgehead atoms. The Labute approximate surface area is 84.0 Å². The molecule has 0 aliphatic rings. The lowest BCUT2D eigenvalue weighted by atomic mass is 10.1. The molecular formula is C9H16ClNO2. The van der Waals surface area contributed by atoms with Crippen molar-refractivity contribution in [3.05, 3.63) is 0 Å². The first-order valence-corrected chi connectivity index (χ1v) is 4.90. The third-order valence-corrected chi connectivity index (χ3v) is 2.27. The molecule has 0 saturated heterocycles. The van der Waals surface area contributed by atoms with Gasteiger partial charge in [0.25, 0.3) is 0 Å². The summed E-state index contributed by atoms with van der Waals surface area (Å²) in [5.41, 5.74) is 0. The maximum absolute atomic E-state index is 11.1. The van der Waals surface area contributed by atoms with Crippen LogP contribution in [0.3, 0.4) is 0 Å². The van der Waals surface area contributed by atoms with Crippen LogP contribution in [0.2, 0.25) is 0 Å². The first-order chi connectivity index (χ1) is 6.02. The summed E-state index contributed by atoms with van der Waals surface area (Å²) in [5, 5.41) is 0. The molecule has 1 unspecified atom stereocenters. The van der Waals surface area contributed by atoms with Crippen molar-refractivity contribution in [2.75, 3.05) is 19.0 Å². The molecule has 0 heterocycles. The second kappa shape index (κ2) is 5.97. The molecule has 0 aliphatic heterocycles. The van der Waals surface area contributed by atoms with Crippen molar-refractivity contribution in [3.63, 3.8) is 0 Å². The van der Waals surface area contributed by atoms with Gasteiger partial charge in [-0.1, -0.05) is 6.92 Å². The van der Waals surface area contributed by atoms with Crippen molar-refractivity contribution >= 4 is 23.3 Å². The average molecular weight is 206 g/mol. The number of amides is 1.